The first-order valence-corrected chi connectivity index (χ1v) is 14.0. The highest BCUT2D eigenvalue weighted by Crippen LogP contribution is 2.65. The molecule has 1 aromatic carbocycles. The maximum absolute atomic E-state index is 14.5. The molecule has 45 heavy (non-hydrogen) atoms. The van der Waals surface area contributed by atoms with E-state index in [1.165, 1.54) is 0 Å². The molecule has 0 radical (unpaired) electrons. The first-order valence-electron chi connectivity index (χ1n) is 14.0. The van der Waals surface area contributed by atoms with Crippen molar-refractivity contribution in [2.24, 2.45) is 11.8 Å². The van der Waals surface area contributed by atoms with Crippen LogP contribution in [0.3, 0.4) is 0 Å². The highest BCUT2D eigenvalue weighted by Gasteiger charge is 2.95. The van der Waals surface area contributed by atoms with Gasteiger partial charge in [0.25, 0.3) is 0 Å². The molecule has 0 aliphatic heterocycles. The molecule has 0 heterocycles. The van der Waals surface area contributed by atoms with Crippen molar-refractivity contribution in [1.29, 1.82) is 0 Å². The van der Waals surface area contributed by atoms with E-state index >= 15 is 0 Å². The SMILES string of the molecule is CCCCCC[C@H]1CC[C@H](CCc2ccc(C(F)(F)C(F)(F)C(F)(F)C(F)(F)C(F)(F)C(F)(F)C(F)(F)C(F)(F)F)cc2)CC1. The molecule has 1 fully saturated rings. The summed E-state index contributed by atoms with van der Waals surface area (Å²) in [7, 11) is 0. The zero-order valence-corrected chi connectivity index (χ0v) is 23.7. The van der Waals surface area contributed by atoms with Gasteiger partial charge in [-0.15, -0.1) is 0 Å². The van der Waals surface area contributed by atoms with Gasteiger partial charge >= 0.3 is 47.6 Å². The largest absolute Gasteiger partial charge is 0.460 e. The Balaban J connectivity index is 2.19. The minimum Gasteiger partial charge on any atom is -0.194 e. The standard InChI is InChI=1S/C28H31F17/c1-2-3-4-5-6-17-7-9-18(10-8-17)11-12-19-13-15-20(16-14-19)21(29,30)22(31,32)23(33,34)24(35,36)25(37,38)26(39,40)27(41,42)28(43,44)45/h13-18H,2-12H2,1H3/t17-,18-. The number of alkyl halides is 17. The molecule has 0 amide bonds. The Morgan fingerprint density at radius 3 is 1.31 bits per heavy atom. The van der Waals surface area contributed by atoms with Crippen LogP contribution in [0, 0.1) is 11.8 Å². The molecule has 1 saturated carbocycles. The lowest BCUT2D eigenvalue weighted by molar-refractivity contribution is -0.462. The van der Waals surface area contributed by atoms with E-state index < -0.39 is 53.2 Å². The summed E-state index contributed by atoms with van der Waals surface area (Å²) in [6.07, 6.45) is 2.21. The van der Waals surface area contributed by atoms with Crippen molar-refractivity contribution in [3.05, 3.63) is 35.4 Å². The van der Waals surface area contributed by atoms with E-state index in [0.717, 1.165) is 69.9 Å². The molecule has 0 aromatic heterocycles. The topological polar surface area (TPSA) is 0 Å². The van der Waals surface area contributed by atoms with Gasteiger partial charge in [0.1, 0.15) is 0 Å². The first kappa shape index (κ1) is 39.2. The first-order chi connectivity index (χ1) is 20.2. The fourth-order valence-corrected chi connectivity index (χ4v) is 5.27. The van der Waals surface area contributed by atoms with Gasteiger partial charge in [0.15, 0.2) is 0 Å². The summed E-state index contributed by atoms with van der Waals surface area (Å²) in [5.74, 6) is -55.6. The minimum absolute atomic E-state index is 0.0647. The Hall–Kier alpha value is -1.97. The number of rotatable bonds is 15. The van der Waals surface area contributed by atoms with Crippen molar-refractivity contribution >= 4 is 0 Å². The zero-order valence-electron chi connectivity index (χ0n) is 23.7. The number of hydrogen-bond acceptors (Lipinski definition) is 0. The van der Waals surface area contributed by atoms with Crippen LogP contribution in [0.1, 0.15) is 82.3 Å². The van der Waals surface area contributed by atoms with Crippen molar-refractivity contribution in [2.45, 2.75) is 125 Å². The summed E-state index contributed by atoms with van der Waals surface area (Å²) < 4.78 is 230. The number of unbranched alkanes of at least 4 members (excludes halogenated alkanes) is 3. The van der Waals surface area contributed by atoms with E-state index in [1.807, 2.05) is 0 Å². The highest BCUT2D eigenvalue weighted by atomic mass is 19.4. The number of halogens is 17. The van der Waals surface area contributed by atoms with Gasteiger partial charge < -0.3 is 0 Å². The Bertz CT molecular complexity index is 1080. The number of benzene rings is 1. The average Bonchev–Trinajstić information content (AvgIpc) is 2.93. The number of hydrogen-bond donors (Lipinski definition) is 0. The van der Waals surface area contributed by atoms with Gasteiger partial charge in [-0.05, 0) is 30.2 Å². The molecular formula is C28H31F17. The van der Waals surface area contributed by atoms with Crippen LogP contribution < -0.4 is 0 Å². The van der Waals surface area contributed by atoms with Crippen molar-refractivity contribution in [3.63, 3.8) is 0 Å². The van der Waals surface area contributed by atoms with Crippen LogP contribution in [0.5, 0.6) is 0 Å². The Labute approximate surface area is 247 Å². The van der Waals surface area contributed by atoms with Crippen LogP contribution in [0.15, 0.2) is 24.3 Å². The lowest BCUT2D eigenvalue weighted by Crippen LogP contribution is -2.74. The van der Waals surface area contributed by atoms with Gasteiger partial charge in [-0.1, -0.05) is 89.0 Å². The van der Waals surface area contributed by atoms with Crippen molar-refractivity contribution in [1.82, 2.24) is 0 Å². The smallest absolute Gasteiger partial charge is 0.194 e. The fraction of sp³-hybridized carbons (Fsp3) is 0.786. The van der Waals surface area contributed by atoms with Crippen molar-refractivity contribution in [2.75, 3.05) is 0 Å². The van der Waals surface area contributed by atoms with Crippen LogP contribution in [0.2, 0.25) is 0 Å². The van der Waals surface area contributed by atoms with Gasteiger partial charge in [0.2, 0.25) is 0 Å². The zero-order chi connectivity index (χ0) is 34.9. The lowest BCUT2D eigenvalue weighted by atomic mass is 9.77. The third-order valence-electron chi connectivity index (χ3n) is 8.31. The second kappa shape index (κ2) is 13.3. The second-order valence-electron chi connectivity index (χ2n) is 11.5. The van der Waals surface area contributed by atoms with E-state index in [2.05, 4.69) is 6.92 Å². The molecule has 0 unspecified atom stereocenters. The van der Waals surface area contributed by atoms with Crippen LogP contribution in [-0.4, -0.2) is 41.7 Å². The fourth-order valence-electron chi connectivity index (χ4n) is 5.27. The normalized spacial score (nSPS) is 20.0. The lowest BCUT2D eigenvalue weighted by Gasteiger charge is -2.42. The second-order valence-corrected chi connectivity index (χ2v) is 11.5. The average molecular weight is 691 g/mol. The molecule has 262 valence electrons. The summed E-state index contributed by atoms with van der Waals surface area (Å²) in [6.45, 7) is 2.10. The molecule has 0 spiro atoms. The minimum atomic E-state index is -8.62. The molecule has 0 N–H and O–H groups in total. The summed E-state index contributed by atoms with van der Waals surface area (Å²) in [5.41, 5.74) is -1.97. The summed E-state index contributed by atoms with van der Waals surface area (Å²) in [6, 6.07) is 1.58. The molecule has 1 aliphatic carbocycles. The Kier molecular flexibility index (Phi) is 11.6. The van der Waals surface area contributed by atoms with Gasteiger partial charge in [0, 0.05) is 5.56 Å². The number of aryl methyl sites for hydroxylation is 1. The highest BCUT2D eigenvalue weighted by molar-refractivity contribution is 5.29. The predicted molar refractivity (Wildman–Crippen MR) is 129 cm³/mol. The van der Waals surface area contributed by atoms with Gasteiger partial charge in [-0.2, -0.15) is 74.6 Å². The molecular weight excluding hydrogens is 659 g/mol. The van der Waals surface area contributed by atoms with Gasteiger partial charge in [-0.25, -0.2) is 0 Å². The van der Waals surface area contributed by atoms with Crippen LogP contribution >= 0.6 is 0 Å². The Morgan fingerprint density at radius 1 is 0.489 bits per heavy atom. The summed E-state index contributed by atoms with van der Waals surface area (Å²) in [5, 5.41) is 0. The monoisotopic (exact) mass is 690 g/mol. The summed E-state index contributed by atoms with van der Waals surface area (Å²) >= 11 is 0. The Morgan fingerprint density at radius 2 is 0.889 bits per heavy atom. The maximum Gasteiger partial charge on any atom is 0.460 e. The van der Waals surface area contributed by atoms with Crippen LogP contribution in [0.25, 0.3) is 0 Å². The molecule has 1 aliphatic rings. The third kappa shape index (κ3) is 7.01. The van der Waals surface area contributed by atoms with E-state index in [1.54, 1.807) is 0 Å². The quantitative estimate of drug-likeness (QED) is 0.127. The maximum atomic E-state index is 14.5. The van der Waals surface area contributed by atoms with E-state index in [4.69, 9.17) is 0 Å². The van der Waals surface area contributed by atoms with E-state index in [9.17, 15) is 74.6 Å². The van der Waals surface area contributed by atoms with Gasteiger partial charge in [-0.3, -0.25) is 0 Å². The molecule has 0 bridgehead atoms. The van der Waals surface area contributed by atoms with E-state index in [-0.39, 0.29) is 30.0 Å². The predicted octanol–water partition coefficient (Wildman–Crippen LogP) is 11.9. The van der Waals surface area contributed by atoms with Crippen LogP contribution in [-0.2, 0) is 12.3 Å². The van der Waals surface area contributed by atoms with Crippen LogP contribution in [0.4, 0.5) is 74.6 Å². The molecule has 1 aromatic rings. The third-order valence-corrected chi connectivity index (χ3v) is 8.31. The molecule has 0 nitrogen and oxygen atoms in total. The molecule has 17 heteroatoms. The summed E-state index contributed by atoms with van der Waals surface area (Å²) in [4.78, 5) is 0. The molecule has 0 atom stereocenters. The van der Waals surface area contributed by atoms with E-state index in [0.29, 0.717) is 12.3 Å². The molecule has 0 saturated heterocycles. The molecule has 2 rings (SSSR count). The van der Waals surface area contributed by atoms with Crippen molar-refractivity contribution < 1.29 is 74.6 Å². The van der Waals surface area contributed by atoms with Crippen molar-refractivity contribution in [3.8, 4) is 0 Å². The van der Waals surface area contributed by atoms with Gasteiger partial charge in [0.05, 0.1) is 0 Å².